The summed E-state index contributed by atoms with van der Waals surface area (Å²) in [6.07, 6.45) is 12.0. The molecule has 0 aromatic heterocycles. The molecule has 2 saturated carbocycles. The van der Waals surface area contributed by atoms with E-state index in [-0.39, 0.29) is 25.4 Å². The summed E-state index contributed by atoms with van der Waals surface area (Å²) in [5.74, 6) is -0.269. The Bertz CT molecular complexity index is 1680. The predicted octanol–water partition coefficient (Wildman–Crippen LogP) is 5.95. The number of ketones is 1. The van der Waals surface area contributed by atoms with E-state index in [4.69, 9.17) is 10.5 Å². The quantitative estimate of drug-likeness (QED) is 0.123. The molecule has 6 atom stereocenters. The molecule has 0 bridgehead atoms. The predicted molar refractivity (Wildman–Crippen MR) is 194 cm³/mol. The molecule has 0 radical (unpaired) electrons. The fraction of sp³-hybridized carbons (Fsp3) is 0.512. The van der Waals surface area contributed by atoms with Gasteiger partial charge in [-0.1, -0.05) is 71.9 Å². The minimum Gasteiger partial charge on any atom is -0.410 e. The van der Waals surface area contributed by atoms with E-state index in [1.54, 1.807) is 32.0 Å². The summed E-state index contributed by atoms with van der Waals surface area (Å²) in [4.78, 5) is 26.2. The summed E-state index contributed by atoms with van der Waals surface area (Å²) in [6.45, 7) is 11.6. The number of fused-ring (bicyclic) bond motifs is 1. The molecule has 6 unspecified atom stereocenters. The summed E-state index contributed by atoms with van der Waals surface area (Å²) in [5.41, 5.74) is 9.24. The van der Waals surface area contributed by atoms with Crippen LogP contribution in [-0.2, 0) is 11.2 Å². The molecule has 4 aliphatic rings. The van der Waals surface area contributed by atoms with Crippen LogP contribution in [0, 0.1) is 16.7 Å². The largest absolute Gasteiger partial charge is 0.414 e. The van der Waals surface area contributed by atoms with Crippen LogP contribution in [-0.4, -0.2) is 57.2 Å². The third kappa shape index (κ3) is 6.86. The van der Waals surface area contributed by atoms with Crippen LogP contribution in [0.1, 0.15) is 96.4 Å². The summed E-state index contributed by atoms with van der Waals surface area (Å²) >= 11 is 0. The molecular formula is C41H54N2O7. The number of nitrogens with one attached hydrogen (secondary N) is 1. The van der Waals surface area contributed by atoms with Crippen LogP contribution in [0.5, 0.6) is 5.75 Å². The lowest BCUT2D eigenvalue weighted by Crippen LogP contribution is -2.61. The van der Waals surface area contributed by atoms with Gasteiger partial charge in [0.15, 0.2) is 5.78 Å². The Morgan fingerprint density at radius 1 is 1.18 bits per heavy atom. The molecule has 1 amide bonds. The zero-order valence-electron chi connectivity index (χ0n) is 29.9. The smallest absolute Gasteiger partial charge is 0.410 e. The molecule has 7 N–H and O–H groups in total. The number of amides is 1. The summed E-state index contributed by atoms with van der Waals surface area (Å²) in [7, 11) is 0. The van der Waals surface area contributed by atoms with E-state index >= 15 is 0 Å². The minimum atomic E-state index is -1.29. The summed E-state index contributed by atoms with van der Waals surface area (Å²) in [5, 5.41) is 48.1. The first kappa shape index (κ1) is 37.7. The van der Waals surface area contributed by atoms with Crippen molar-refractivity contribution in [2.75, 3.05) is 13.2 Å². The third-order valence-corrected chi connectivity index (χ3v) is 11.8. The summed E-state index contributed by atoms with van der Waals surface area (Å²) in [6, 6.07) is 5.28. The van der Waals surface area contributed by atoms with Crippen LogP contribution >= 0.6 is 0 Å². The second kappa shape index (κ2) is 14.9. The summed E-state index contributed by atoms with van der Waals surface area (Å²) < 4.78 is 5.45. The van der Waals surface area contributed by atoms with Crippen LogP contribution in [0.15, 0.2) is 88.6 Å². The van der Waals surface area contributed by atoms with Crippen molar-refractivity contribution >= 4 is 11.9 Å². The molecule has 2 fully saturated rings. The van der Waals surface area contributed by atoms with Crippen LogP contribution in [0.2, 0.25) is 0 Å². The van der Waals surface area contributed by atoms with Crippen LogP contribution in [0.25, 0.3) is 0 Å². The van der Waals surface area contributed by atoms with Crippen molar-refractivity contribution in [3.05, 3.63) is 99.7 Å². The van der Waals surface area contributed by atoms with Gasteiger partial charge in [0.2, 0.25) is 0 Å². The van der Waals surface area contributed by atoms with Gasteiger partial charge < -0.3 is 36.2 Å². The monoisotopic (exact) mass is 686 g/mol. The Balaban J connectivity index is 1.50. The molecule has 9 nitrogen and oxygen atoms in total. The molecule has 1 aromatic carbocycles. The maximum atomic E-state index is 14.1. The van der Waals surface area contributed by atoms with E-state index in [1.165, 1.54) is 5.57 Å². The van der Waals surface area contributed by atoms with Gasteiger partial charge in [-0.05, 0) is 102 Å². The Morgan fingerprint density at radius 3 is 2.64 bits per heavy atom. The number of carbonyl (C=O) groups excluding carboxylic acids is 2. The van der Waals surface area contributed by atoms with Gasteiger partial charge in [-0.25, -0.2) is 4.79 Å². The van der Waals surface area contributed by atoms with Crippen molar-refractivity contribution in [2.45, 2.75) is 103 Å². The van der Waals surface area contributed by atoms with Crippen molar-refractivity contribution < 1.29 is 34.8 Å². The molecule has 1 aliphatic heterocycles. The van der Waals surface area contributed by atoms with E-state index < -0.39 is 40.7 Å². The number of Topliss-reactive ketones (excluding diaryl/α,β-unsaturated/α-hetero) is 1. The molecule has 3 aliphatic carbocycles. The Labute approximate surface area is 296 Å². The topological polar surface area (TPSA) is 162 Å². The second-order valence-electron chi connectivity index (χ2n) is 15.1. The Hall–Kier alpha value is -3.60. The number of carbonyl (C=O) groups is 2. The van der Waals surface area contributed by atoms with Crippen molar-refractivity contribution in [3.8, 4) is 5.75 Å². The first-order chi connectivity index (χ1) is 23.7. The lowest BCUT2D eigenvalue weighted by Gasteiger charge is -2.56. The molecule has 5 rings (SSSR count). The van der Waals surface area contributed by atoms with Crippen molar-refractivity contribution in [1.29, 1.82) is 0 Å². The SMILES string of the molecule is C=C(C=C1C=CC2(CCC3(C(CCCO)C(=C(C)C(=O)Cc4cccc5c4OC(=O)NC5N)CCC3(C)O)C2O)C(CO)=C1)CCC=C(C)C. The van der Waals surface area contributed by atoms with Gasteiger partial charge in [-0.3, -0.25) is 4.79 Å². The van der Waals surface area contributed by atoms with E-state index in [9.17, 15) is 30.0 Å². The first-order valence-electron chi connectivity index (χ1n) is 17.8. The van der Waals surface area contributed by atoms with Gasteiger partial charge in [-0.2, -0.15) is 0 Å². The molecule has 1 aromatic rings. The van der Waals surface area contributed by atoms with Crippen molar-refractivity contribution in [2.24, 2.45) is 22.5 Å². The van der Waals surface area contributed by atoms with E-state index in [0.29, 0.717) is 66.5 Å². The molecule has 9 heteroatoms. The molecule has 0 saturated heterocycles. The maximum Gasteiger partial charge on any atom is 0.414 e. The zero-order chi connectivity index (χ0) is 36.4. The average molecular weight is 687 g/mol. The normalized spacial score (nSPS) is 32.0. The standard InChI is InChI=1S/C41H54N2O7/c1-25(2)9-6-10-26(3)21-28-14-17-40(30(22-28)24-45)18-19-41(37(40)47)33(13-8-20-44)31(15-16-39(41,5)49)27(4)34(46)23-29-11-7-12-32-35(29)50-38(48)43-36(32)42/h7,9,11-12,14,17,21-22,33,36-37,44-45,47,49H,3,6,8,10,13,15-16,18-20,23-24,42H2,1-2,4-5H3,(H,43,48). The number of allylic oxidation sites excluding steroid dienone is 9. The molecular weight excluding hydrogens is 632 g/mol. The van der Waals surface area contributed by atoms with E-state index in [2.05, 4.69) is 31.8 Å². The van der Waals surface area contributed by atoms with E-state index in [1.807, 2.05) is 24.3 Å². The number of hydrogen-bond acceptors (Lipinski definition) is 8. The number of aliphatic hydroxyl groups is 4. The van der Waals surface area contributed by atoms with Crippen LogP contribution in [0.4, 0.5) is 4.79 Å². The number of para-hydroxylation sites is 1. The maximum absolute atomic E-state index is 14.1. The molecule has 1 heterocycles. The Morgan fingerprint density at radius 2 is 1.94 bits per heavy atom. The van der Waals surface area contributed by atoms with Gasteiger partial charge >= 0.3 is 6.09 Å². The van der Waals surface area contributed by atoms with Gasteiger partial charge in [0.05, 0.1) is 18.3 Å². The average Bonchev–Trinajstić information content (AvgIpc) is 3.35. The van der Waals surface area contributed by atoms with Crippen LogP contribution in [0.3, 0.4) is 0 Å². The lowest BCUT2D eigenvalue weighted by atomic mass is 9.51. The van der Waals surface area contributed by atoms with Crippen molar-refractivity contribution in [3.63, 3.8) is 0 Å². The number of aliphatic hydroxyl groups excluding tert-OH is 3. The van der Waals surface area contributed by atoms with Gasteiger partial charge in [-0.15, -0.1) is 0 Å². The van der Waals surface area contributed by atoms with Gasteiger partial charge in [0.25, 0.3) is 0 Å². The second-order valence-corrected chi connectivity index (χ2v) is 15.1. The molecule has 270 valence electrons. The number of benzene rings is 1. The van der Waals surface area contributed by atoms with Gasteiger partial charge in [0, 0.05) is 35.0 Å². The highest BCUT2D eigenvalue weighted by molar-refractivity contribution is 5.97. The van der Waals surface area contributed by atoms with E-state index in [0.717, 1.165) is 29.6 Å². The minimum absolute atomic E-state index is 0.0179. The number of nitrogens with two attached hydrogens (primary N) is 1. The number of hydrogen-bond donors (Lipinski definition) is 6. The lowest BCUT2D eigenvalue weighted by molar-refractivity contribution is -0.173. The van der Waals surface area contributed by atoms with Crippen molar-refractivity contribution in [1.82, 2.24) is 5.32 Å². The zero-order valence-corrected chi connectivity index (χ0v) is 29.9. The van der Waals surface area contributed by atoms with Gasteiger partial charge in [0.1, 0.15) is 11.9 Å². The molecule has 2 spiro atoms. The highest BCUT2D eigenvalue weighted by Gasteiger charge is 2.68. The van der Waals surface area contributed by atoms with Crippen LogP contribution < -0.4 is 15.8 Å². The number of rotatable bonds is 11. The highest BCUT2D eigenvalue weighted by atomic mass is 16.6. The Kier molecular flexibility index (Phi) is 11.2. The first-order valence-corrected chi connectivity index (χ1v) is 17.8. The molecule has 50 heavy (non-hydrogen) atoms. The third-order valence-electron chi connectivity index (χ3n) is 11.8. The number of ether oxygens (including phenoxy) is 1. The fourth-order valence-electron chi connectivity index (χ4n) is 9.03. The fourth-order valence-corrected chi connectivity index (χ4v) is 9.03. The highest BCUT2D eigenvalue weighted by Crippen LogP contribution is 2.67.